The van der Waals surface area contributed by atoms with Crippen molar-refractivity contribution in [3.05, 3.63) is 50.6 Å². The van der Waals surface area contributed by atoms with Gasteiger partial charge in [-0.2, -0.15) is 5.26 Å². The molecule has 0 aliphatic carbocycles. The van der Waals surface area contributed by atoms with Gasteiger partial charge >= 0.3 is 0 Å². The van der Waals surface area contributed by atoms with Crippen LogP contribution < -0.4 is 5.56 Å². The zero-order valence-electron chi connectivity index (χ0n) is 12.7. The van der Waals surface area contributed by atoms with Crippen molar-refractivity contribution < 1.29 is 0 Å². The number of benzene rings is 1. The van der Waals surface area contributed by atoms with Gasteiger partial charge in [0, 0.05) is 10.4 Å². The first-order chi connectivity index (χ1) is 10.5. The number of nitrogens with zero attached hydrogens (tertiary/aromatic N) is 3. The Balaban J connectivity index is 2.41. The minimum Gasteiger partial charge on any atom is -0.278 e. The summed E-state index contributed by atoms with van der Waals surface area (Å²) in [5, 5.41) is 9.72. The number of thiophene rings is 1. The average molecular weight is 309 g/mol. The summed E-state index contributed by atoms with van der Waals surface area (Å²) < 4.78 is 1.47. The highest BCUT2D eigenvalue weighted by molar-refractivity contribution is 7.18. The Labute approximate surface area is 132 Å². The van der Waals surface area contributed by atoms with E-state index in [-0.39, 0.29) is 12.1 Å². The molecule has 0 saturated carbocycles. The molecule has 0 fully saturated rings. The number of rotatable bonds is 2. The molecule has 5 heteroatoms. The lowest BCUT2D eigenvalue weighted by atomic mass is 10.1. The molecule has 4 nitrogen and oxygen atoms in total. The molecule has 0 bridgehead atoms. The number of aryl methyl sites for hydroxylation is 3. The van der Waals surface area contributed by atoms with E-state index in [1.807, 2.05) is 45.0 Å². The molecule has 0 aliphatic rings. The van der Waals surface area contributed by atoms with Gasteiger partial charge in [0.2, 0.25) is 0 Å². The number of hydrogen-bond donors (Lipinski definition) is 0. The molecule has 22 heavy (non-hydrogen) atoms. The molecule has 0 N–H and O–H groups in total. The van der Waals surface area contributed by atoms with E-state index in [4.69, 9.17) is 5.26 Å². The first-order valence-electron chi connectivity index (χ1n) is 6.97. The third-order valence-electron chi connectivity index (χ3n) is 3.79. The van der Waals surface area contributed by atoms with Crippen LogP contribution in [-0.2, 0) is 6.54 Å². The molecule has 0 radical (unpaired) electrons. The highest BCUT2D eigenvalue weighted by atomic mass is 32.1. The number of fused-ring (bicyclic) bond motifs is 1. The maximum atomic E-state index is 12.8. The Kier molecular flexibility index (Phi) is 3.55. The van der Waals surface area contributed by atoms with Gasteiger partial charge in [-0.1, -0.05) is 23.8 Å². The van der Waals surface area contributed by atoms with Crippen LogP contribution in [0.3, 0.4) is 0 Å². The monoisotopic (exact) mass is 309 g/mol. The fraction of sp³-hybridized carbons (Fsp3) is 0.235. The summed E-state index contributed by atoms with van der Waals surface area (Å²) in [6.45, 7) is 5.91. The van der Waals surface area contributed by atoms with Gasteiger partial charge in [0.15, 0.2) is 0 Å². The van der Waals surface area contributed by atoms with E-state index in [0.717, 1.165) is 26.4 Å². The van der Waals surface area contributed by atoms with E-state index in [1.165, 1.54) is 15.9 Å². The van der Waals surface area contributed by atoms with Gasteiger partial charge in [0.1, 0.15) is 17.2 Å². The van der Waals surface area contributed by atoms with Crippen LogP contribution in [0.25, 0.3) is 21.6 Å². The number of nitriles is 1. The van der Waals surface area contributed by atoms with Crippen molar-refractivity contribution in [3.8, 4) is 17.5 Å². The molecule has 2 heterocycles. The van der Waals surface area contributed by atoms with Crippen molar-refractivity contribution in [2.24, 2.45) is 0 Å². The normalized spacial score (nSPS) is 10.8. The minimum absolute atomic E-state index is 0.000612. The zero-order chi connectivity index (χ0) is 15.9. The third-order valence-corrected chi connectivity index (χ3v) is 4.90. The SMILES string of the molecule is Cc1cccc(-c2nc3sc(C)c(C)c3c(=O)n2CC#N)c1. The molecule has 0 unspecified atom stereocenters. The number of aromatic nitrogens is 2. The van der Waals surface area contributed by atoms with Gasteiger partial charge in [0.05, 0.1) is 11.5 Å². The van der Waals surface area contributed by atoms with Gasteiger partial charge < -0.3 is 0 Å². The lowest BCUT2D eigenvalue weighted by Gasteiger charge is -2.10. The summed E-state index contributed by atoms with van der Waals surface area (Å²) >= 11 is 1.53. The van der Waals surface area contributed by atoms with Crippen LogP contribution in [0.2, 0.25) is 0 Å². The Morgan fingerprint density at radius 3 is 2.77 bits per heavy atom. The van der Waals surface area contributed by atoms with E-state index < -0.39 is 0 Å². The summed E-state index contributed by atoms with van der Waals surface area (Å²) in [5.74, 6) is 0.559. The number of hydrogen-bond acceptors (Lipinski definition) is 4. The van der Waals surface area contributed by atoms with Crippen LogP contribution in [0.5, 0.6) is 0 Å². The molecule has 3 aromatic rings. The van der Waals surface area contributed by atoms with Crippen LogP contribution >= 0.6 is 11.3 Å². The summed E-state index contributed by atoms with van der Waals surface area (Å²) in [7, 11) is 0. The Bertz CT molecular complexity index is 976. The Morgan fingerprint density at radius 1 is 1.32 bits per heavy atom. The van der Waals surface area contributed by atoms with Gasteiger partial charge in [-0.3, -0.25) is 9.36 Å². The topological polar surface area (TPSA) is 58.7 Å². The molecule has 2 aromatic heterocycles. The highest BCUT2D eigenvalue weighted by Gasteiger charge is 2.17. The summed E-state index contributed by atoms with van der Waals surface area (Å²) in [6.07, 6.45) is 0. The average Bonchev–Trinajstić information content (AvgIpc) is 2.77. The predicted octanol–water partition coefficient (Wildman–Crippen LogP) is 3.57. The molecule has 0 spiro atoms. The lowest BCUT2D eigenvalue weighted by molar-refractivity contribution is 0.788. The van der Waals surface area contributed by atoms with Crippen LogP contribution in [0.1, 0.15) is 16.0 Å². The molecular weight excluding hydrogens is 294 g/mol. The third kappa shape index (κ3) is 2.22. The smallest absolute Gasteiger partial charge is 0.263 e. The van der Waals surface area contributed by atoms with Gasteiger partial charge in [-0.15, -0.1) is 11.3 Å². The van der Waals surface area contributed by atoms with Crippen molar-refractivity contribution in [1.82, 2.24) is 9.55 Å². The second-order valence-corrected chi connectivity index (χ2v) is 6.52. The van der Waals surface area contributed by atoms with Crippen molar-refractivity contribution in [3.63, 3.8) is 0 Å². The van der Waals surface area contributed by atoms with Gasteiger partial charge in [-0.25, -0.2) is 4.98 Å². The van der Waals surface area contributed by atoms with Crippen LogP contribution in [0.15, 0.2) is 29.1 Å². The van der Waals surface area contributed by atoms with E-state index in [0.29, 0.717) is 11.2 Å². The van der Waals surface area contributed by atoms with Gasteiger partial charge in [-0.05, 0) is 32.4 Å². The molecule has 1 aromatic carbocycles. The maximum absolute atomic E-state index is 12.8. The quantitative estimate of drug-likeness (QED) is 0.727. The molecule has 0 aliphatic heterocycles. The van der Waals surface area contributed by atoms with Crippen molar-refractivity contribution >= 4 is 21.6 Å². The fourth-order valence-corrected chi connectivity index (χ4v) is 3.57. The molecule has 3 rings (SSSR count). The molecule has 0 amide bonds. The summed E-state index contributed by atoms with van der Waals surface area (Å²) in [5.41, 5.74) is 2.77. The van der Waals surface area contributed by atoms with Crippen LogP contribution in [-0.4, -0.2) is 9.55 Å². The second kappa shape index (κ2) is 5.39. The van der Waals surface area contributed by atoms with Crippen LogP contribution in [0.4, 0.5) is 0 Å². The largest absolute Gasteiger partial charge is 0.278 e. The first kappa shape index (κ1) is 14.5. The summed E-state index contributed by atoms with van der Waals surface area (Å²) in [6, 6.07) is 9.89. The van der Waals surface area contributed by atoms with Gasteiger partial charge in [0.25, 0.3) is 5.56 Å². The van der Waals surface area contributed by atoms with E-state index in [9.17, 15) is 4.79 Å². The Hall–Kier alpha value is -2.45. The minimum atomic E-state index is -0.134. The maximum Gasteiger partial charge on any atom is 0.263 e. The zero-order valence-corrected chi connectivity index (χ0v) is 13.5. The second-order valence-electron chi connectivity index (χ2n) is 5.32. The van der Waals surface area contributed by atoms with Crippen molar-refractivity contribution in [2.75, 3.05) is 0 Å². The van der Waals surface area contributed by atoms with E-state index in [2.05, 4.69) is 11.1 Å². The first-order valence-corrected chi connectivity index (χ1v) is 7.79. The van der Waals surface area contributed by atoms with E-state index >= 15 is 0 Å². The fourth-order valence-electron chi connectivity index (χ4n) is 2.55. The molecule has 0 saturated heterocycles. The molecular formula is C17H15N3OS. The molecule has 110 valence electrons. The lowest BCUT2D eigenvalue weighted by Crippen LogP contribution is -2.23. The van der Waals surface area contributed by atoms with Crippen molar-refractivity contribution in [1.29, 1.82) is 5.26 Å². The van der Waals surface area contributed by atoms with E-state index in [1.54, 1.807) is 0 Å². The Morgan fingerprint density at radius 2 is 2.09 bits per heavy atom. The summed E-state index contributed by atoms with van der Waals surface area (Å²) in [4.78, 5) is 19.3. The standard InChI is InChI=1S/C17H15N3OS/c1-10-5-4-6-13(9-10)15-19-16-14(11(2)12(3)22-16)17(21)20(15)8-7-18/h4-6,9H,8H2,1-3H3. The van der Waals surface area contributed by atoms with Crippen molar-refractivity contribution in [2.45, 2.75) is 27.3 Å². The predicted molar refractivity (Wildman–Crippen MR) is 89.1 cm³/mol. The molecule has 0 atom stereocenters. The highest BCUT2D eigenvalue weighted by Crippen LogP contribution is 2.28. The van der Waals surface area contributed by atoms with Crippen LogP contribution in [0, 0.1) is 32.1 Å².